The highest BCUT2D eigenvalue weighted by Gasteiger charge is 1.83. The molecule has 0 aliphatic heterocycles. The van der Waals surface area contributed by atoms with Gasteiger partial charge in [-0.05, 0) is 5.75 Å². The lowest BCUT2D eigenvalue weighted by Gasteiger charge is -1.85. The first kappa shape index (κ1) is 8.56. The predicted molar refractivity (Wildman–Crippen MR) is 39.8 cm³/mol. The lowest BCUT2D eigenvalue weighted by molar-refractivity contribution is -0.131. The van der Waals surface area contributed by atoms with Crippen molar-refractivity contribution in [2.75, 3.05) is 11.5 Å². The van der Waals surface area contributed by atoms with Gasteiger partial charge in [0.25, 0.3) is 0 Å². The van der Waals surface area contributed by atoms with Crippen molar-refractivity contribution in [3.8, 4) is 0 Å². The number of rotatable bonds is 4. The fourth-order valence-electron chi connectivity index (χ4n) is 0.335. The minimum atomic E-state index is -0.869. The topological polar surface area (TPSA) is 37.3 Å². The van der Waals surface area contributed by atoms with Gasteiger partial charge < -0.3 is 5.11 Å². The van der Waals surface area contributed by atoms with E-state index in [1.165, 1.54) is 6.08 Å². The molecule has 0 amide bonds. The number of hydrogen-bond acceptors (Lipinski definition) is 2. The molecule has 0 aliphatic rings. The van der Waals surface area contributed by atoms with Crippen molar-refractivity contribution in [3.63, 3.8) is 0 Å². The van der Waals surface area contributed by atoms with Crippen molar-refractivity contribution in [1.29, 1.82) is 0 Å². The van der Waals surface area contributed by atoms with Crippen LogP contribution in [0.1, 0.15) is 6.92 Å². The summed E-state index contributed by atoms with van der Waals surface area (Å²) in [5.74, 6) is 0.957. The van der Waals surface area contributed by atoms with Gasteiger partial charge in [0, 0.05) is 11.8 Å². The van der Waals surface area contributed by atoms with Crippen LogP contribution in [0.2, 0.25) is 0 Å². The summed E-state index contributed by atoms with van der Waals surface area (Å²) in [6.45, 7) is 2.04. The zero-order valence-electron chi connectivity index (χ0n) is 5.33. The molecule has 0 aromatic carbocycles. The van der Waals surface area contributed by atoms with Crippen LogP contribution in [0.15, 0.2) is 12.2 Å². The Balaban J connectivity index is 3.15. The molecule has 0 saturated heterocycles. The Morgan fingerprint density at radius 1 is 1.78 bits per heavy atom. The van der Waals surface area contributed by atoms with Crippen LogP contribution >= 0.6 is 11.8 Å². The minimum Gasteiger partial charge on any atom is -0.478 e. The van der Waals surface area contributed by atoms with E-state index in [-0.39, 0.29) is 0 Å². The van der Waals surface area contributed by atoms with Gasteiger partial charge in [0.05, 0.1) is 0 Å². The Labute approximate surface area is 59.0 Å². The predicted octanol–water partition coefficient (Wildman–Crippen LogP) is 1.38. The van der Waals surface area contributed by atoms with E-state index in [0.717, 1.165) is 11.5 Å². The van der Waals surface area contributed by atoms with E-state index < -0.39 is 5.97 Å². The van der Waals surface area contributed by atoms with Gasteiger partial charge in [-0.1, -0.05) is 13.0 Å². The standard InChI is InChI=1S/C6H10O2S/c1-2-9-5-3-4-6(7)8/h3-4H,2,5H2,1H3,(H,7,8)/b4-3+. The van der Waals surface area contributed by atoms with Crippen molar-refractivity contribution < 1.29 is 9.90 Å². The van der Waals surface area contributed by atoms with Crippen LogP contribution in [0, 0.1) is 0 Å². The maximum atomic E-state index is 9.87. The van der Waals surface area contributed by atoms with Crippen molar-refractivity contribution in [2.24, 2.45) is 0 Å². The van der Waals surface area contributed by atoms with Crippen molar-refractivity contribution >= 4 is 17.7 Å². The summed E-state index contributed by atoms with van der Waals surface area (Å²) in [4.78, 5) is 9.87. The molecule has 52 valence electrons. The molecule has 0 radical (unpaired) electrons. The molecule has 1 N–H and O–H groups in total. The van der Waals surface area contributed by atoms with Gasteiger partial charge in [0.1, 0.15) is 0 Å². The first-order chi connectivity index (χ1) is 4.27. The van der Waals surface area contributed by atoms with E-state index in [1.807, 2.05) is 6.92 Å². The summed E-state index contributed by atoms with van der Waals surface area (Å²) in [5, 5.41) is 8.12. The van der Waals surface area contributed by atoms with Gasteiger partial charge in [-0.3, -0.25) is 0 Å². The average molecular weight is 146 g/mol. The number of thioether (sulfide) groups is 1. The van der Waals surface area contributed by atoms with Crippen molar-refractivity contribution in [3.05, 3.63) is 12.2 Å². The van der Waals surface area contributed by atoms with E-state index in [4.69, 9.17) is 5.11 Å². The molecule has 0 fully saturated rings. The summed E-state index contributed by atoms with van der Waals surface area (Å²) < 4.78 is 0. The van der Waals surface area contributed by atoms with Gasteiger partial charge in [0.15, 0.2) is 0 Å². The van der Waals surface area contributed by atoms with Gasteiger partial charge in [-0.2, -0.15) is 11.8 Å². The maximum absolute atomic E-state index is 9.87. The van der Waals surface area contributed by atoms with E-state index in [0.29, 0.717) is 0 Å². The summed E-state index contributed by atoms with van der Waals surface area (Å²) in [6, 6.07) is 0. The average Bonchev–Trinajstić information content (AvgIpc) is 1.80. The lowest BCUT2D eigenvalue weighted by atomic mass is 10.5. The molecule has 0 aromatic heterocycles. The van der Waals surface area contributed by atoms with E-state index in [1.54, 1.807) is 17.8 Å². The van der Waals surface area contributed by atoms with Crippen LogP contribution in [0.4, 0.5) is 0 Å². The second-order valence-corrected chi connectivity index (χ2v) is 2.72. The Morgan fingerprint density at radius 2 is 2.44 bits per heavy atom. The van der Waals surface area contributed by atoms with Gasteiger partial charge in [-0.25, -0.2) is 4.79 Å². The summed E-state index contributed by atoms with van der Waals surface area (Å²) in [5.41, 5.74) is 0. The molecule has 3 heteroatoms. The molecule has 0 aromatic rings. The molecular formula is C6H10O2S. The molecule has 0 atom stereocenters. The van der Waals surface area contributed by atoms with Crippen LogP contribution in [0.5, 0.6) is 0 Å². The van der Waals surface area contributed by atoms with Gasteiger partial charge in [0.2, 0.25) is 0 Å². The third-order valence-corrected chi connectivity index (χ3v) is 1.52. The highest BCUT2D eigenvalue weighted by Crippen LogP contribution is 1.97. The zero-order valence-corrected chi connectivity index (χ0v) is 6.15. The van der Waals surface area contributed by atoms with Crippen LogP contribution in [0.25, 0.3) is 0 Å². The van der Waals surface area contributed by atoms with Crippen molar-refractivity contribution in [1.82, 2.24) is 0 Å². The first-order valence-corrected chi connectivity index (χ1v) is 3.90. The fourth-order valence-corrected chi connectivity index (χ4v) is 0.803. The Kier molecular flexibility index (Phi) is 5.41. The molecule has 0 rings (SSSR count). The van der Waals surface area contributed by atoms with Crippen LogP contribution in [-0.2, 0) is 4.79 Å². The Morgan fingerprint density at radius 3 is 2.89 bits per heavy atom. The number of carboxylic acid groups (broad SMARTS) is 1. The summed E-state index contributed by atoms with van der Waals surface area (Å²) in [7, 11) is 0. The quantitative estimate of drug-likeness (QED) is 0.481. The number of carbonyl (C=O) groups is 1. The third kappa shape index (κ3) is 7.56. The molecular weight excluding hydrogens is 136 g/mol. The number of aliphatic carboxylic acids is 1. The molecule has 9 heavy (non-hydrogen) atoms. The SMILES string of the molecule is CCSC/C=C/C(=O)O. The molecule has 2 nitrogen and oxygen atoms in total. The fraction of sp³-hybridized carbons (Fsp3) is 0.500. The van der Waals surface area contributed by atoms with Gasteiger partial charge >= 0.3 is 5.97 Å². The third-order valence-electron chi connectivity index (χ3n) is 0.679. The molecule has 0 heterocycles. The summed E-state index contributed by atoms with van der Waals surface area (Å²) >= 11 is 1.70. The van der Waals surface area contributed by atoms with E-state index in [2.05, 4.69) is 0 Å². The molecule has 0 bridgehead atoms. The monoisotopic (exact) mass is 146 g/mol. The Hall–Kier alpha value is -0.440. The highest BCUT2D eigenvalue weighted by atomic mass is 32.2. The van der Waals surface area contributed by atoms with Gasteiger partial charge in [-0.15, -0.1) is 0 Å². The first-order valence-electron chi connectivity index (χ1n) is 2.74. The second-order valence-electron chi connectivity index (χ2n) is 1.40. The number of carboxylic acids is 1. The molecule has 0 saturated carbocycles. The second kappa shape index (κ2) is 5.69. The lowest BCUT2D eigenvalue weighted by Crippen LogP contribution is -1.86. The van der Waals surface area contributed by atoms with Crippen molar-refractivity contribution in [2.45, 2.75) is 6.92 Å². The largest absolute Gasteiger partial charge is 0.478 e. The zero-order chi connectivity index (χ0) is 7.11. The molecule has 0 unspecified atom stereocenters. The molecule has 0 spiro atoms. The van der Waals surface area contributed by atoms with Crippen LogP contribution in [-0.4, -0.2) is 22.6 Å². The Bertz CT molecular complexity index is 110. The normalized spacial score (nSPS) is 10.3. The maximum Gasteiger partial charge on any atom is 0.328 e. The highest BCUT2D eigenvalue weighted by molar-refractivity contribution is 7.99. The minimum absolute atomic E-state index is 0.794. The van der Waals surface area contributed by atoms with E-state index >= 15 is 0 Å². The smallest absolute Gasteiger partial charge is 0.328 e. The number of hydrogen-bond donors (Lipinski definition) is 1. The van der Waals surface area contributed by atoms with Crippen LogP contribution < -0.4 is 0 Å². The summed E-state index contributed by atoms with van der Waals surface area (Å²) in [6.07, 6.45) is 2.82. The molecule has 0 aliphatic carbocycles. The van der Waals surface area contributed by atoms with Crippen LogP contribution in [0.3, 0.4) is 0 Å². The van der Waals surface area contributed by atoms with E-state index in [9.17, 15) is 4.79 Å².